The highest BCUT2D eigenvalue weighted by atomic mass is 15.3. The molecule has 0 N–H and O–H groups in total. The van der Waals surface area contributed by atoms with Crippen molar-refractivity contribution in [3.8, 4) is 11.9 Å². The van der Waals surface area contributed by atoms with Gasteiger partial charge < -0.3 is 9.80 Å². The molecule has 5 rings (SSSR count). The van der Waals surface area contributed by atoms with Crippen LogP contribution in [0.3, 0.4) is 0 Å². The molecule has 4 aromatic rings. The molecule has 1 aliphatic rings. The molecule has 0 aliphatic carbocycles. The van der Waals surface area contributed by atoms with Crippen LogP contribution < -0.4 is 9.80 Å². The Hall–Kier alpha value is -3.99. The number of nitrogens with zero attached hydrogens (tertiary/aromatic N) is 8. The van der Waals surface area contributed by atoms with Crippen molar-refractivity contribution in [2.24, 2.45) is 0 Å². The third-order valence-corrected chi connectivity index (χ3v) is 5.77. The Morgan fingerprint density at radius 2 is 1.56 bits per heavy atom. The molecule has 32 heavy (non-hydrogen) atoms. The SMILES string of the molecule is Cc1cc(C)n(-c2cc(N3CCN(c4nc5ccccc5cc4C#N)CC3)nc(C)n2)n1. The lowest BCUT2D eigenvalue weighted by Crippen LogP contribution is -2.47. The van der Waals surface area contributed by atoms with E-state index in [2.05, 4.69) is 30.9 Å². The first-order valence-electron chi connectivity index (χ1n) is 10.7. The van der Waals surface area contributed by atoms with E-state index in [1.165, 1.54) is 0 Å². The Balaban J connectivity index is 1.39. The van der Waals surface area contributed by atoms with Crippen molar-refractivity contribution in [3.63, 3.8) is 0 Å². The fourth-order valence-electron chi connectivity index (χ4n) is 4.24. The minimum atomic E-state index is 0.613. The van der Waals surface area contributed by atoms with Gasteiger partial charge in [0, 0.05) is 43.3 Å². The van der Waals surface area contributed by atoms with E-state index in [9.17, 15) is 5.26 Å². The van der Waals surface area contributed by atoms with Gasteiger partial charge in [-0.05, 0) is 39.0 Å². The van der Waals surface area contributed by atoms with Gasteiger partial charge in [-0.15, -0.1) is 0 Å². The summed E-state index contributed by atoms with van der Waals surface area (Å²) >= 11 is 0. The molecule has 3 aromatic heterocycles. The first-order chi connectivity index (χ1) is 15.5. The molecule has 1 saturated heterocycles. The van der Waals surface area contributed by atoms with Gasteiger partial charge in [-0.3, -0.25) is 0 Å². The largest absolute Gasteiger partial charge is 0.353 e. The molecule has 160 valence electrons. The minimum absolute atomic E-state index is 0.613. The zero-order valence-electron chi connectivity index (χ0n) is 18.4. The highest BCUT2D eigenvalue weighted by Gasteiger charge is 2.23. The van der Waals surface area contributed by atoms with Crippen LogP contribution in [0.4, 0.5) is 11.6 Å². The molecular formula is C24H24N8. The van der Waals surface area contributed by atoms with Crippen LogP contribution in [0.5, 0.6) is 0 Å². The summed E-state index contributed by atoms with van der Waals surface area (Å²) in [6.07, 6.45) is 0. The molecule has 8 heteroatoms. The second-order valence-electron chi connectivity index (χ2n) is 8.11. The van der Waals surface area contributed by atoms with Crippen LogP contribution in [-0.2, 0) is 0 Å². The van der Waals surface area contributed by atoms with Crippen molar-refractivity contribution in [2.45, 2.75) is 20.8 Å². The first-order valence-corrected chi connectivity index (χ1v) is 10.7. The number of hydrogen-bond acceptors (Lipinski definition) is 7. The van der Waals surface area contributed by atoms with Crippen LogP contribution in [-0.4, -0.2) is 50.9 Å². The monoisotopic (exact) mass is 424 g/mol. The van der Waals surface area contributed by atoms with Gasteiger partial charge in [-0.1, -0.05) is 18.2 Å². The van der Waals surface area contributed by atoms with E-state index in [4.69, 9.17) is 4.98 Å². The fourth-order valence-corrected chi connectivity index (χ4v) is 4.24. The number of pyridine rings is 1. The van der Waals surface area contributed by atoms with Crippen LogP contribution in [0.1, 0.15) is 22.8 Å². The molecule has 0 saturated carbocycles. The van der Waals surface area contributed by atoms with Crippen LogP contribution >= 0.6 is 0 Å². The number of rotatable bonds is 3. The molecule has 0 amide bonds. The Bertz CT molecular complexity index is 1340. The molecule has 0 radical (unpaired) electrons. The van der Waals surface area contributed by atoms with E-state index in [1.807, 2.05) is 67.9 Å². The average molecular weight is 425 g/mol. The number of para-hydroxylation sites is 1. The van der Waals surface area contributed by atoms with Crippen LogP contribution in [0.15, 0.2) is 42.5 Å². The quantitative estimate of drug-likeness (QED) is 0.498. The van der Waals surface area contributed by atoms with Crippen LogP contribution in [0.25, 0.3) is 16.7 Å². The Labute approximate surface area is 186 Å². The molecule has 4 heterocycles. The number of piperazine rings is 1. The first kappa shape index (κ1) is 19.9. The molecule has 0 atom stereocenters. The number of hydrogen-bond donors (Lipinski definition) is 0. The molecule has 0 spiro atoms. The lowest BCUT2D eigenvalue weighted by Gasteiger charge is -2.36. The van der Waals surface area contributed by atoms with Crippen molar-refractivity contribution in [3.05, 3.63) is 65.2 Å². The van der Waals surface area contributed by atoms with Crippen LogP contribution in [0.2, 0.25) is 0 Å². The maximum absolute atomic E-state index is 9.68. The maximum atomic E-state index is 9.68. The lowest BCUT2D eigenvalue weighted by molar-refractivity contribution is 0.639. The van der Waals surface area contributed by atoms with E-state index in [1.54, 1.807) is 0 Å². The van der Waals surface area contributed by atoms with Crippen molar-refractivity contribution < 1.29 is 0 Å². The van der Waals surface area contributed by atoms with Crippen LogP contribution in [0, 0.1) is 32.1 Å². The molecule has 1 fully saturated rings. The highest BCUT2D eigenvalue weighted by Crippen LogP contribution is 2.25. The number of benzene rings is 1. The Kier molecular flexibility index (Phi) is 4.94. The second-order valence-corrected chi connectivity index (χ2v) is 8.11. The van der Waals surface area contributed by atoms with Gasteiger partial charge in [-0.2, -0.15) is 10.4 Å². The van der Waals surface area contributed by atoms with E-state index in [0.29, 0.717) is 5.56 Å². The Morgan fingerprint density at radius 1 is 0.844 bits per heavy atom. The topological polar surface area (TPSA) is 86.8 Å². The zero-order valence-corrected chi connectivity index (χ0v) is 18.4. The Morgan fingerprint density at radius 3 is 2.28 bits per heavy atom. The molecule has 1 aromatic carbocycles. The number of anilines is 2. The van der Waals surface area contributed by atoms with Gasteiger partial charge in [-0.25, -0.2) is 19.6 Å². The highest BCUT2D eigenvalue weighted by molar-refractivity contribution is 5.83. The molecule has 1 aliphatic heterocycles. The predicted molar refractivity (Wildman–Crippen MR) is 124 cm³/mol. The van der Waals surface area contributed by atoms with Crippen molar-refractivity contribution in [1.82, 2.24) is 24.7 Å². The van der Waals surface area contributed by atoms with Gasteiger partial charge in [0.1, 0.15) is 23.5 Å². The standard InChI is InChI=1S/C24H24N8/c1-16-12-17(2)32(29-16)23-14-22(26-18(3)27-23)30-8-10-31(11-9-30)24-20(15-25)13-19-6-4-5-7-21(19)28-24/h4-7,12-14H,8-11H2,1-3H3. The number of aryl methyl sites for hydroxylation is 3. The number of fused-ring (bicyclic) bond motifs is 1. The van der Waals surface area contributed by atoms with Gasteiger partial charge in [0.15, 0.2) is 5.82 Å². The van der Waals surface area contributed by atoms with E-state index < -0.39 is 0 Å². The molecular weight excluding hydrogens is 400 g/mol. The van der Waals surface area contributed by atoms with Crippen molar-refractivity contribution in [1.29, 1.82) is 5.26 Å². The van der Waals surface area contributed by atoms with E-state index >= 15 is 0 Å². The number of nitriles is 1. The smallest absolute Gasteiger partial charge is 0.159 e. The molecule has 8 nitrogen and oxygen atoms in total. The molecule has 0 unspecified atom stereocenters. The summed E-state index contributed by atoms with van der Waals surface area (Å²) in [5.74, 6) is 3.15. The van der Waals surface area contributed by atoms with Gasteiger partial charge in [0.2, 0.25) is 0 Å². The minimum Gasteiger partial charge on any atom is -0.353 e. The van der Waals surface area contributed by atoms with Gasteiger partial charge in [0.05, 0.1) is 16.8 Å². The predicted octanol–water partition coefficient (Wildman–Crippen LogP) is 3.33. The summed E-state index contributed by atoms with van der Waals surface area (Å²) in [4.78, 5) is 18.5. The summed E-state index contributed by atoms with van der Waals surface area (Å²) in [6, 6.07) is 16.2. The van der Waals surface area contributed by atoms with Gasteiger partial charge in [0.25, 0.3) is 0 Å². The van der Waals surface area contributed by atoms with Crippen molar-refractivity contribution in [2.75, 3.05) is 36.0 Å². The summed E-state index contributed by atoms with van der Waals surface area (Å²) in [7, 11) is 0. The summed E-state index contributed by atoms with van der Waals surface area (Å²) in [6.45, 7) is 9.01. The summed E-state index contributed by atoms with van der Waals surface area (Å²) in [5.41, 5.74) is 3.53. The maximum Gasteiger partial charge on any atom is 0.159 e. The third-order valence-electron chi connectivity index (χ3n) is 5.77. The zero-order chi connectivity index (χ0) is 22.2. The summed E-state index contributed by atoms with van der Waals surface area (Å²) < 4.78 is 1.86. The van der Waals surface area contributed by atoms with Crippen molar-refractivity contribution >= 4 is 22.5 Å². The van der Waals surface area contributed by atoms with E-state index in [0.717, 1.165) is 71.7 Å². The summed E-state index contributed by atoms with van der Waals surface area (Å²) in [5, 5.41) is 15.2. The van der Waals surface area contributed by atoms with Gasteiger partial charge >= 0.3 is 0 Å². The number of aromatic nitrogens is 5. The second kappa shape index (κ2) is 7.93. The lowest BCUT2D eigenvalue weighted by atomic mass is 10.1. The fraction of sp³-hybridized carbons (Fsp3) is 0.292. The normalized spacial score (nSPS) is 14.1. The average Bonchev–Trinajstić information content (AvgIpc) is 3.15. The third kappa shape index (κ3) is 3.62. The van der Waals surface area contributed by atoms with E-state index in [-0.39, 0.29) is 0 Å². The molecule has 0 bridgehead atoms.